The predicted octanol–water partition coefficient (Wildman–Crippen LogP) is -3.88. The van der Waals surface area contributed by atoms with E-state index in [9.17, 15) is 0 Å². The van der Waals surface area contributed by atoms with Crippen molar-refractivity contribution in [1.29, 1.82) is 10.8 Å². The van der Waals surface area contributed by atoms with Crippen molar-refractivity contribution < 1.29 is 0 Å². The van der Waals surface area contributed by atoms with Gasteiger partial charge in [-0.1, -0.05) is 10.3 Å². The molecule has 13 N–H and O–H groups in total. The van der Waals surface area contributed by atoms with E-state index in [4.69, 9.17) is 33.8 Å². The van der Waals surface area contributed by atoms with Crippen molar-refractivity contribution in [3.05, 3.63) is 11.9 Å². The molecule has 0 radical (unpaired) electrons. The third-order valence-corrected chi connectivity index (χ3v) is 1.45. The number of hydrazine groups is 1. The van der Waals surface area contributed by atoms with E-state index >= 15 is 0 Å². The summed E-state index contributed by atoms with van der Waals surface area (Å²) >= 11 is 0. The van der Waals surface area contributed by atoms with E-state index in [1.807, 2.05) is 0 Å². The molecule has 0 amide bonds. The summed E-state index contributed by atoms with van der Waals surface area (Å²) in [5.41, 5.74) is 23.3. The van der Waals surface area contributed by atoms with Gasteiger partial charge in [0, 0.05) is 6.08 Å². The highest BCUT2D eigenvalue weighted by Gasteiger charge is 2.13. The van der Waals surface area contributed by atoms with Crippen molar-refractivity contribution in [1.82, 2.24) is 21.3 Å². The standard InChI is InChI=1S/C6H14N12/c7-4(8)13-2-1-3(14-5(9)10)16-18(15-2)17-6(11)12/h1,15H,(H4,7,8,13)(H4,11,12,17)(H4,9,10,14,16). The highest BCUT2D eigenvalue weighted by atomic mass is 15.9. The summed E-state index contributed by atoms with van der Waals surface area (Å²) in [6.07, 6.45) is 1.42. The van der Waals surface area contributed by atoms with Gasteiger partial charge >= 0.3 is 0 Å². The van der Waals surface area contributed by atoms with Crippen molar-refractivity contribution in [3.63, 3.8) is 0 Å². The maximum atomic E-state index is 7.10. The quantitative estimate of drug-likeness (QED) is 0.175. The Kier molecular flexibility index (Phi) is 3.75. The van der Waals surface area contributed by atoms with Gasteiger partial charge < -0.3 is 33.6 Å². The van der Waals surface area contributed by atoms with Crippen LogP contribution >= 0.6 is 0 Å². The van der Waals surface area contributed by atoms with E-state index < -0.39 is 0 Å². The largest absolute Gasteiger partial charge is 0.370 e. The van der Waals surface area contributed by atoms with Crippen LogP contribution < -0.4 is 39.0 Å². The van der Waals surface area contributed by atoms with Crippen LogP contribution in [0.1, 0.15) is 0 Å². The van der Waals surface area contributed by atoms with E-state index in [0.29, 0.717) is 0 Å². The van der Waals surface area contributed by atoms with Gasteiger partial charge in [-0.25, -0.2) is 5.43 Å². The molecule has 1 heterocycles. The van der Waals surface area contributed by atoms with E-state index in [1.54, 1.807) is 0 Å². The first-order valence-electron chi connectivity index (χ1n) is 4.55. The topological polar surface area (TPSA) is 216 Å². The van der Waals surface area contributed by atoms with E-state index in [-0.39, 0.29) is 29.5 Å². The average molecular weight is 254 g/mol. The zero-order chi connectivity index (χ0) is 13.7. The van der Waals surface area contributed by atoms with Crippen LogP contribution in [0.15, 0.2) is 22.1 Å². The molecule has 0 saturated carbocycles. The normalized spacial score (nSPS) is 13.7. The molecule has 0 bridgehead atoms. The lowest BCUT2D eigenvalue weighted by Crippen LogP contribution is -2.47. The molecule has 12 nitrogen and oxygen atoms in total. The molecule has 98 valence electrons. The zero-order valence-electron chi connectivity index (χ0n) is 9.23. The van der Waals surface area contributed by atoms with E-state index in [2.05, 4.69) is 26.3 Å². The second-order valence-electron chi connectivity index (χ2n) is 3.05. The number of guanidine groups is 3. The smallest absolute Gasteiger partial charge is 0.212 e. The summed E-state index contributed by atoms with van der Waals surface area (Å²) in [7, 11) is 0. The first kappa shape index (κ1) is 12.9. The second kappa shape index (κ2) is 5.24. The zero-order valence-corrected chi connectivity index (χ0v) is 9.23. The fraction of sp³-hybridized carbons (Fsp3) is 0. The Labute approximate surface area is 102 Å². The van der Waals surface area contributed by atoms with Gasteiger partial charge in [-0.15, -0.1) is 5.10 Å². The van der Waals surface area contributed by atoms with Crippen LogP contribution in [0.5, 0.6) is 0 Å². The average Bonchev–Trinajstić information content (AvgIpc) is 2.12. The number of nitrogens with zero attached hydrogens (tertiary/aromatic N) is 3. The lowest BCUT2D eigenvalue weighted by atomic mass is 10.4. The Morgan fingerprint density at radius 3 is 2.33 bits per heavy atom. The van der Waals surface area contributed by atoms with Crippen molar-refractivity contribution in [2.24, 2.45) is 33.1 Å². The molecule has 0 atom stereocenters. The number of nitrogens with one attached hydrogen (secondary N) is 5. The third-order valence-electron chi connectivity index (χ3n) is 1.45. The highest BCUT2D eigenvalue weighted by Crippen LogP contribution is 1.99. The minimum Gasteiger partial charge on any atom is -0.370 e. The number of nitrogens with two attached hydrogens (primary N) is 4. The van der Waals surface area contributed by atoms with Gasteiger partial charge in [0.1, 0.15) is 5.82 Å². The molecule has 12 heteroatoms. The van der Waals surface area contributed by atoms with Gasteiger partial charge in [0.15, 0.2) is 17.8 Å². The summed E-state index contributed by atoms with van der Waals surface area (Å²) in [4.78, 5) is 0. The Balaban J connectivity index is 2.91. The Bertz CT molecular complexity index is 439. The summed E-state index contributed by atoms with van der Waals surface area (Å²) < 4.78 is 0. The SMILES string of the molecule is N=C(N)NC1=CC(NC(=N)N)=NN(N=C(N)N)N1. The Hall–Kier alpha value is -3.18. The molecule has 0 spiro atoms. The second-order valence-corrected chi connectivity index (χ2v) is 3.05. The number of hydrogen-bond donors (Lipinski definition) is 9. The van der Waals surface area contributed by atoms with E-state index in [1.165, 1.54) is 6.08 Å². The molecule has 18 heavy (non-hydrogen) atoms. The van der Waals surface area contributed by atoms with Crippen LogP contribution in [0.3, 0.4) is 0 Å². The fourth-order valence-electron chi connectivity index (χ4n) is 0.998. The number of hydrogen-bond acceptors (Lipinski definition) is 6. The van der Waals surface area contributed by atoms with Crippen LogP contribution in [0.4, 0.5) is 0 Å². The first-order chi connectivity index (χ1) is 8.36. The molecule has 0 aromatic carbocycles. The van der Waals surface area contributed by atoms with E-state index in [0.717, 1.165) is 5.23 Å². The molecule has 0 aliphatic carbocycles. The van der Waals surface area contributed by atoms with Crippen LogP contribution in [-0.2, 0) is 0 Å². The van der Waals surface area contributed by atoms with Crippen molar-refractivity contribution in [2.45, 2.75) is 0 Å². The molecule has 0 saturated heterocycles. The number of rotatable bonds is 2. The highest BCUT2D eigenvalue weighted by molar-refractivity contribution is 6.04. The first-order valence-corrected chi connectivity index (χ1v) is 4.55. The molecule has 0 fully saturated rings. The molecule has 1 aliphatic rings. The summed E-state index contributed by atoms with van der Waals surface area (Å²) in [5, 5.41) is 27.5. The fourth-order valence-corrected chi connectivity index (χ4v) is 0.998. The molecule has 1 aliphatic heterocycles. The van der Waals surface area contributed by atoms with Gasteiger partial charge in [0.2, 0.25) is 5.96 Å². The number of hydrazone groups is 2. The third kappa shape index (κ3) is 4.13. The van der Waals surface area contributed by atoms with Crippen molar-refractivity contribution >= 4 is 23.7 Å². The van der Waals surface area contributed by atoms with Crippen LogP contribution in [-0.4, -0.2) is 28.9 Å². The molecule has 0 unspecified atom stereocenters. The monoisotopic (exact) mass is 254 g/mol. The van der Waals surface area contributed by atoms with Crippen LogP contribution in [0, 0.1) is 10.8 Å². The Morgan fingerprint density at radius 1 is 1.22 bits per heavy atom. The van der Waals surface area contributed by atoms with Gasteiger partial charge in [-0.2, -0.15) is 0 Å². The van der Waals surface area contributed by atoms with Crippen LogP contribution in [0.25, 0.3) is 0 Å². The molecular weight excluding hydrogens is 240 g/mol. The molecule has 0 aromatic heterocycles. The minimum atomic E-state index is -0.321. The maximum absolute atomic E-state index is 7.10. The van der Waals surface area contributed by atoms with Gasteiger partial charge in [-0.05, 0) is 0 Å². The predicted molar refractivity (Wildman–Crippen MR) is 66.4 cm³/mol. The maximum Gasteiger partial charge on any atom is 0.212 e. The van der Waals surface area contributed by atoms with Gasteiger partial charge in [0.25, 0.3) is 0 Å². The lowest BCUT2D eigenvalue weighted by Gasteiger charge is -2.23. The summed E-state index contributed by atoms with van der Waals surface area (Å²) in [6, 6.07) is 0. The lowest BCUT2D eigenvalue weighted by molar-refractivity contribution is 0.224. The Morgan fingerprint density at radius 2 is 1.83 bits per heavy atom. The molecule has 0 aromatic rings. The van der Waals surface area contributed by atoms with Crippen molar-refractivity contribution in [2.75, 3.05) is 0 Å². The minimum absolute atomic E-state index is 0.176. The molecular formula is C6H14N12. The summed E-state index contributed by atoms with van der Waals surface area (Å²) in [6.45, 7) is 0. The van der Waals surface area contributed by atoms with Crippen LogP contribution in [0.2, 0.25) is 0 Å². The van der Waals surface area contributed by atoms with Gasteiger partial charge in [0.05, 0.1) is 0 Å². The molecule has 1 rings (SSSR count). The number of amidine groups is 1. The summed E-state index contributed by atoms with van der Waals surface area (Å²) in [5.74, 6) is -0.417. The van der Waals surface area contributed by atoms with Crippen molar-refractivity contribution in [3.8, 4) is 0 Å². The van der Waals surface area contributed by atoms with Gasteiger partial charge in [-0.3, -0.25) is 10.8 Å².